The van der Waals surface area contributed by atoms with E-state index in [1.54, 1.807) is 26.0 Å². The lowest BCUT2D eigenvalue weighted by Crippen LogP contribution is -1.99. The molecule has 0 atom stereocenters. The molecule has 104 valence electrons. The number of ether oxygens (including phenoxy) is 1. The molecule has 20 heavy (non-hydrogen) atoms. The summed E-state index contributed by atoms with van der Waals surface area (Å²) in [4.78, 5) is 10.6. The predicted molar refractivity (Wildman–Crippen MR) is 81.0 cm³/mol. The molecule has 2 rings (SSSR count). The zero-order valence-electron chi connectivity index (χ0n) is 11.2. The van der Waals surface area contributed by atoms with Crippen molar-refractivity contribution in [3.05, 3.63) is 67.7 Å². The maximum atomic E-state index is 10.9. The highest BCUT2D eigenvalue weighted by Crippen LogP contribution is 2.28. The third kappa shape index (κ3) is 3.36. The fourth-order valence-corrected chi connectivity index (χ4v) is 2.30. The minimum Gasteiger partial charge on any atom is -0.489 e. The number of rotatable bonds is 4. The molecule has 0 aromatic heterocycles. The summed E-state index contributed by atoms with van der Waals surface area (Å²) < 4.78 is 6.71. The van der Waals surface area contributed by atoms with Gasteiger partial charge in [0, 0.05) is 15.6 Å². The molecule has 0 heterocycles. The fourth-order valence-electron chi connectivity index (χ4n) is 2.03. The molecular formula is C15H14BrNO3. The Balaban J connectivity index is 2.14. The Morgan fingerprint density at radius 3 is 2.20 bits per heavy atom. The summed E-state index contributed by atoms with van der Waals surface area (Å²) in [7, 11) is 0. The van der Waals surface area contributed by atoms with Gasteiger partial charge in [-0.2, -0.15) is 0 Å². The maximum Gasteiger partial charge on any atom is 0.275 e. The van der Waals surface area contributed by atoms with Gasteiger partial charge >= 0.3 is 0 Å². The fraction of sp³-hybridized carbons (Fsp3) is 0.200. The topological polar surface area (TPSA) is 52.4 Å². The largest absolute Gasteiger partial charge is 0.489 e. The van der Waals surface area contributed by atoms with Crippen molar-refractivity contribution in [1.29, 1.82) is 0 Å². The van der Waals surface area contributed by atoms with Crippen LogP contribution in [-0.4, -0.2) is 4.92 Å². The first-order valence-corrected chi connectivity index (χ1v) is 6.89. The van der Waals surface area contributed by atoms with Gasteiger partial charge < -0.3 is 4.74 Å². The van der Waals surface area contributed by atoms with Gasteiger partial charge in [-0.1, -0.05) is 28.1 Å². The van der Waals surface area contributed by atoms with Crippen LogP contribution in [0.15, 0.2) is 40.9 Å². The Bertz CT molecular complexity index is 615. The minimum absolute atomic E-state index is 0.154. The molecule has 0 aliphatic heterocycles. The monoisotopic (exact) mass is 335 g/mol. The number of hydrogen-bond donors (Lipinski definition) is 0. The lowest BCUT2D eigenvalue weighted by atomic mass is 10.1. The second-order valence-corrected chi connectivity index (χ2v) is 5.49. The number of nitro benzene ring substituents is 1. The zero-order valence-corrected chi connectivity index (χ0v) is 12.8. The van der Waals surface area contributed by atoms with Crippen LogP contribution in [0.3, 0.4) is 0 Å². The van der Waals surface area contributed by atoms with E-state index in [9.17, 15) is 10.1 Å². The van der Waals surface area contributed by atoms with Crippen molar-refractivity contribution in [2.45, 2.75) is 20.5 Å². The lowest BCUT2D eigenvalue weighted by Gasteiger charge is -2.09. The van der Waals surface area contributed by atoms with Crippen LogP contribution in [0.25, 0.3) is 0 Å². The van der Waals surface area contributed by atoms with Crippen LogP contribution in [-0.2, 0) is 6.61 Å². The molecule has 5 heteroatoms. The molecule has 0 amide bonds. The van der Waals surface area contributed by atoms with E-state index in [2.05, 4.69) is 15.9 Å². The minimum atomic E-state index is -0.358. The molecule has 0 fully saturated rings. The van der Waals surface area contributed by atoms with E-state index in [0.29, 0.717) is 23.5 Å². The molecule has 0 unspecified atom stereocenters. The number of hydrogen-bond acceptors (Lipinski definition) is 3. The van der Waals surface area contributed by atoms with E-state index >= 15 is 0 Å². The predicted octanol–water partition coefficient (Wildman–Crippen LogP) is 4.55. The second-order valence-electron chi connectivity index (χ2n) is 4.58. The first kappa shape index (κ1) is 14.5. The smallest absolute Gasteiger partial charge is 0.275 e. The summed E-state index contributed by atoms with van der Waals surface area (Å²) in [5.41, 5.74) is 2.42. The number of nitrogens with zero attached hydrogens (tertiary/aromatic N) is 1. The third-order valence-electron chi connectivity index (χ3n) is 2.97. The van der Waals surface area contributed by atoms with E-state index in [1.165, 1.54) is 0 Å². The maximum absolute atomic E-state index is 10.9. The normalized spacial score (nSPS) is 10.3. The number of halogens is 1. The quantitative estimate of drug-likeness (QED) is 0.608. The van der Waals surface area contributed by atoms with Gasteiger partial charge in [-0.15, -0.1) is 0 Å². The van der Waals surface area contributed by atoms with Crippen molar-refractivity contribution in [1.82, 2.24) is 0 Å². The van der Waals surface area contributed by atoms with Gasteiger partial charge in [-0.05, 0) is 43.7 Å². The first-order chi connectivity index (χ1) is 9.47. The van der Waals surface area contributed by atoms with Gasteiger partial charge in [0.25, 0.3) is 5.69 Å². The first-order valence-electron chi connectivity index (χ1n) is 6.10. The highest BCUT2D eigenvalue weighted by Gasteiger charge is 2.15. The molecule has 0 spiro atoms. The SMILES string of the molecule is Cc1cc(OCc2ccc(Br)cc2)cc(C)c1[N+](=O)[O-]. The molecule has 0 saturated heterocycles. The molecule has 2 aromatic rings. The van der Waals surface area contributed by atoms with E-state index in [4.69, 9.17) is 4.74 Å². The standard InChI is InChI=1S/C15H14BrNO3/c1-10-7-14(8-11(2)15(10)17(18)19)20-9-12-3-5-13(16)6-4-12/h3-8H,9H2,1-2H3. The van der Waals surface area contributed by atoms with Gasteiger partial charge in [-0.3, -0.25) is 10.1 Å². The van der Waals surface area contributed by atoms with Gasteiger partial charge in [0.05, 0.1) is 4.92 Å². The van der Waals surface area contributed by atoms with Crippen LogP contribution in [0.1, 0.15) is 16.7 Å². The Kier molecular flexibility index (Phi) is 4.39. The van der Waals surface area contributed by atoms with Gasteiger partial charge in [-0.25, -0.2) is 0 Å². The summed E-state index contributed by atoms with van der Waals surface area (Å²) in [5.74, 6) is 0.647. The molecule has 0 aliphatic rings. The van der Waals surface area contributed by atoms with Gasteiger partial charge in [0.1, 0.15) is 12.4 Å². The Labute approximate surface area is 125 Å². The molecule has 4 nitrogen and oxygen atoms in total. The van der Waals surface area contributed by atoms with Crippen molar-refractivity contribution in [2.24, 2.45) is 0 Å². The van der Waals surface area contributed by atoms with Gasteiger partial charge in [0.2, 0.25) is 0 Å². The highest BCUT2D eigenvalue weighted by atomic mass is 79.9. The van der Waals surface area contributed by atoms with E-state index in [1.807, 2.05) is 24.3 Å². The number of nitro groups is 1. The van der Waals surface area contributed by atoms with Crippen LogP contribution < -0.4 is 4.74 Å². The highest BCUT2D eigenvalue weighted by molar-refractivity contribution is 9.10. The van der Waals surface area contributed by atoms with Crippen molar-refractivity contribution < 1.29 is 9.66 Å². The van der Waals surface area contributed by atoms with Crippen LogP contribution in [0.4, 0.5) is 5.69 Å². The lowest BCUT2D eigenvalue weighted by molar-refractivity contribution is -0.386. The molecule has 0 N–H and O–H groups in total. The van der Waals surface area contributed by atoms with Crippen LogP contribution in [0.2, 0.25) is 0 Å². The molecule has 0 radical (unpaired) electrons. The van der Waals surface area contributed by atoms with E-state index in [0.717, 1.165) is 10.0 Å². The average molecular weight is 336 g/mol. The van der Waals surface area contributed by atoms with Crippen LogP contribution >= 0.6 is 15.9 Å². The molecule has 0 saturated carbocycles. The Morgan fingerprint density at radius 2 is 1.70 bits per heavy atom. The van der Waals surface area contributed by atoms with Crippen molar-refractivity contribution in [2.75, 3.05) is 0 Å². The van der Waals surface area contributed by atoms with Gasteiger partial charge in [0.15, 0.2) is 0 Å². The molecular weight excluding hydrogens is 322 g/mol. The summed E-state index contributed by atoms with van der Waals surface area (Å²) in [6.45, 7) is 3.87. The summed E-state index contributed by atoms with van der Waals surface area (Å²) >= 11 is 3.38. The Hall–Kier alpha value is -1.88. The average Bonchev–Trinajstić information content (AvgIpc) is 2.37. The molecule has 0 aliphatic carbocycles. The summed E-state index contributed by atoms with van der Waals surface area (Å²) in [6.07, 6.45) is 0. The van der Waals surface area contributed by atoms with Crippen LogP contribution in [0, 0.1) is 24.0 Å². The van der Waals surface area contributed by atoms with Crippen LogP contribution in [0.5, 0.6) is 5.75 Å². The Morgan fingerprint density at radius 1 is 1.15 bits per heavy atom. The van der Waals surface area contributed by atoms with Crippen molar-refractivity contribution in [3.8, 4) is 5.75 Å². The summed E-state index contributed by atoms with van der Waals surface area (Å²) in [5, 5.41) is 10.9. The van der Waals surface area contributed by atoms with E-state index in [-0.39, 0.29) is 10.6 Å². The second kappa shape index (κ2) is 6.05. The third-order valence-corrected chi connectivity index (χ3v) is 3.49. The number of aryl methyl sites for hydroxylation is 2. The molecule has 2 aromatic carbocycles. The number of benzene rings is 2. The zero-order chi connectivity index (χ0) is 14.7. The van der Waals surface area contributed by atoms with Crippen molar-refractivity contribution >= 4 is 21.6 Å². The van der Waals surface area contributed by atoms with E-state index < -0.39 is 0 Å². The summed E-state index contributed by atoms with van der Waals surface area (Å²) in [6, 6.07) is 11.2. The molecule has 0 bridgehead atoms. The van der Waals surface area contributed by atoms with Crippen molar-refractivity contribution in [3.63, 3.8) is 0 Å².